The van der Waals surface area contributed by atoms with E-state index in [-0.39, 0.29) is 11.9 Å². The Morgan fingerprint density at radius 1 is 1.17 bits per heavy atom. The molecule has 5 heteroatoms. The van der Waals surface area contributed by atoms with Crippen LogP contribution in [0.3, 0.4) is 0 Å². The van der Waals surface area contributed by atoms with Gasteiger partial charge in [0.2, 0.25) is 0 Å². The molecule has 23 heavy (non-hydrogen) atoms. The fraction of sp³-hybridized carbons (Fsp3) is 0.556. The molecule has 126 valence electrons. The molecule has 0 bridgehead atoms. The van der Waals surface area contributed by atoms with Gasteiger partial charge in [0, 0.05) is 38.4 Å². The summed E-state index contributed by atoms with van der Waals surface area (Å²) in [4.78, 5) is 28.0. The number of piperidine rings is 1. The Hall–Kier alpha value is -2.04. The Balaban J connectivity index is 2.14. The quantitative estimate of drug-likeness (QED) is 0.910. The number of rotatable bonds is 2. The summed E-state index contributed by atoms with van der Waals surface area (Å²) < 4.78 is 0. The van der Waals surface area contributed by atoms with Crippen molar-refractivity contribution in [3.63, 3.8) is 0 Å². The first-order valence-electron chi connectivity index (χ1n) is 8.16. The zero-order valence-corrected chi connectivity index (χ0v) is 14.7. The molecule has 3 amide bonds. The lowest BCUT2D eigenvalue weighted by atomic mass is 9.92. The van der Waals surface area contributed by atoms with E-state index in [1.807, 2.05) is 17.9 Å². The van der Waals surface area contributed by atoms with Crippen molar-refractivity contribution in [1.29, 1.82) is 0 Å². The van der Waals surface area contributed by atoms with Gasteiger partial charge < -0.3 is 15.1 Å². The summed E-state index contributed by atoms with van der Waals surface area (Å²) in [5.41, 5.74) is 2.23. The van der Waals surface area contributed by atoms with E-state index in [2.05, 4.69) is 19.2 Å². The van der Waals surface area contributed by atoms with E-state index in [0.29, 0.717) is 23.1 Å². The van der Waals surface area contributed by atoms with Crippen LogP contribution in [0.1, 0.15) is 36.2 Å². The highest BCUT2D eigenvalue weighted by Gasteiger charge is 2.25. The number of carbonyl (C=O) groups excluding carboxylic acids is 2. The molecular weight excluding hydrogens is 290 g/mol. The lowest BCUT2D eigenvalue weighted by Gasteiger charge is -2.35. The number of amides is 3. The first-order chi connectivity index (χ1) is 10.8. The SMILES string of the molecule is Cc1ccc(C(=O)N(C)C)cc1NC(=O)N1C[C@@H](C)C[C@H](C)C1. The van der Waals surface area contributed by atoms with Gasteiger partial charge in [-0.3, -0.25) is 4.79 Å². The second-order valence-corrected chi connectivity index (χ2v) is 7.01. The smallest absolute Gasteiger partial charge is 0.321 e. The monoisotopic (exact) mass is 317 g/mol. The van der Waals surface area contributed by atoms with Gasteiger partial charge in [0.05, 0.1) is 0 Å². The number of nitrogens with one attached hydrogen (secondary N) is 1. The normalized spacial score (nSPS) is 21.0. The minimum absolute atomic E-state index is 0.0688. The number of urea groups is 1. The summed E-state index contributed by atoms with van der Waals surface area (Å²) in [5.74, 6) is 0.972. The van der Waals surface area contributed by atoms with Crippen LogP contribution in [0.4, 0.5) is 10.5 Å². The lowest BCUT2D eigenvalue weighted by molar-refractivity contribution is 0.0827. The van der Waals surface area contributed by atoms with Gasteiger partial charge in [0.25, 0.3) is 5.91 Å². The summed E-state index contributed by atoms with van der Waals surface area (Å²) in [6.45, 7) is 7.85. The van der Waals surface area contributed by atoms with Crippen LogP contribution in [0.15, 0.2) is 18.2 Å². The first-order valence-corrected chi connectivity index (χ1v) is 8.16. The molecule has 1 N–H and O–H groups in total. The lowest BCUT2D eigenvalue weighted by Crippen LogP contribution is -2.44. The summed E-state index contributed by atoms with van der Waals surface area (Å²) in [6, 6.07) is 5.33. The average Bonchev–Trinajstić information content (AvgIpc) is 2.47. The molecule has 1 aliphatic rings. The minimum Gasteiger partial charge on any atom is -0.345 e. The zero-order valence-electron chi connectivity index (χ0n) is 14.7. The van der Waals surface area contributed by atoms with Crippen LogP contribution in [-0.4, -0.2) is 48.9 Å². The molecule has 0 radical (unpaired) electrons. The Morgan fingerprint density at radius 3 is 2.35 bits per heavy atom. The maximum Gasteiger partial charge on any atom is 0.321 e. The molecule has 2 rings (SSSR count). The van der Waals surface area contributed by atoms with Crippen molar-refractivity contribution in [3.8, 4) is 0 Å². The summed E-state index contributed by atoms with van der Waals surface area (Å²) >= 11 is 0. The molecule has 1 aromatic rings. The van der Waals surface area contributed by atoms with Crippen LogP contribution in [0, 0.1) is 18.8 Å². The van der Waals surface area contributed by atoms with E-state index in [1.165, 1.54) is 4.90 Å². The third-order valence-electron chi connectivity index (χ3n) is 4.29. The van der Waals surface area contributed by atoms with E-state index in [9.17, 15) is 9.59 Å². The highest BCUT2D eigenvalue weighted by atomic mass is 16.2. The Labute approximate surface area is 138 Å². The Kier molecular flexibility index (Phi) is 5.29. The standard InChI is InChI=1S/C18H27N3O2/c1-12-8-13(2)11-21(10-12)18(23)19-16-9-15(7-6-14(16)3)17(22)20(4)5/h6-7,9,12-13H,8,10-11H2,1-5H3,(H,19,23)/t12-,13-/m0/s1. The largest absolute Gasteiger partial charge is 0.345 e. The Morgan fingerprint density at radius 2 is 1.78 bits per heavy atom. The Bertz CT molecular complexity index is 588. The number of nitrogens with zero attached hydrogens (tertiary/aromatic N) is 2. The van der Waals surface area contributed by atoms with Crippen molar-refractivity contribution in [2.24, 2.45) is 11.8 Å². The molecular formula is C18H27N3O2. The maximum absolute atomic E-state index is 12.5. The maximum atomic E-state index is 12.5. The van der Waals surface area contributed by atoms with Gasteiger partial charge in [-0.25, -0.2) is 4.79 Å². The van der Waals surface area contributed by atoms with Crippen molar-refractivity contribution >= 4 is 17.6 Å². The van der Waals surface area contributed by atoms with E-state index < -0.39 is 0 Å². The van der Waals surface area contributed by atoms with Gasteiger partial charge in [0.15, 0.2) is 0 Å². The average molecular weight is 317 g/mol. The van der Waals surface area contributed by atoms with Gasteiger partial charge in [-0.1, -0.05) is 19.9 Å². The van der Waals surface area contributed by atoms with Crippen molar-refractivity contribution in [3.05, 3.63) is 29.3 Å². The number of hydrogen-bond acceptors (Lipinski definition) is 2. The molecule has 2 atom stereocenters. The summed E-state index contributed by atoms with van der Waals surface area (Å²) in [5, 5.41) is 2.97. The molecule has 0 saturated carbocycles. The van der Waals surface area contributed by atoms with Crippen molar-refractivity contribution < 1.29 is 9.59 Å². The van der Waals surface area contributed by atoms with Gasteiger partial charge >= 0.3 is 6.03 Å². The van der Waals surface area contributed by atoms with Crippen molar-refractivity contribution in [1.82, 2.24) is 9.80 Å². The van der Waals surface area contributed by atoms with Crippen LogP contribution in [0.5, 0.6) is 0 Å². The van der Waals surface area contributed by atoms with Gasteiger partial charge in [-0.15, -0.1) is 0 Å². The fourth-order valence-corrected chi connectivity index (χ4v) is 3.17. The molecule has 0 aliphatic carbocycles. The van der Waals surface area contributed by atoms with Crippen LogP contribution in [0.25, 0.3) is 0 Å². The van der Waals surface area contributed by atoms with Crippen LogP contribution in [-0.2, 0) is 0 Å². The highest BCUT2D eigenvalue weighted by molar-refractivity contribution is 5.97. The van der Waals surface area contributed by atoms with Gasteiger partial charge in [-0.05, 0) is 42.9 Å². The molecule has 1 aliphatic heterocycles. The molecule has 1 fully saturated rings. The third-order valence-corrected chi connectivity index (χ3v) is 4.29. The van der Waals surface area contributed by atoms with E-state index in [1.54, 1.807) is 26.2 Å². The molecule has 1 heterocycles. The molecule has 0 unspecified atom stereocenters. The van der Waals surface area contributed by atoms with E-state index in [4.69, 9.17) is 0 Å². The third kappa shape index (κ3) is 4.24. The second-order valence-electron chi connectivity index (χ2n) is 7.01. The molecule has 0 aromatic heterocycles. The van der Waals surface area contributed by atoms with Gasteiger partial charge in [-0.2, -0.15) is 0 Å². The molecule has 1 saturated heterocycles. The fourth-order valence-electron chi connectivity index (χ4n) is 3.17. The van der Waals surface area contributed by atoms with Crippen LogP contribution >= 0.6 is 0 Å². The molecule has 5 nitrogen and oxygen atoms in total. The summed E-state index contributed by atoms with van der Waals surface area (Å²) in [7, 11) is 3.44. The minimum atomic E-state index is -0.0825. The highest BCUT2D eigenvalue weighted by Crippen LogP contribution is 2.23. The van der Waals surface area contributed by atoms with E-state index >= 15 is 0 Å². The number of likely N-dealkylation sites (tertiary alicyclic amines) is 1. The van der Waals surface area contributed by atoms with Gasteiger partial charge in [0.1, 0.15) is 0 Å². The molecule has 0 spiro atoms. The first kappa shape index (κ1) is 17.3. The number of hydrogen-bond donors (Lipinski definition) is 1. The number of aryl methyl sites for hydroxylation is 1. The van der Waals surface area contributed by atoms with Crippen molar-refractivity contribution in [2.45, 2.75) is 27.2 Å². The van der Waals surface area contributed by atoms with Crippen LogP contribution in [0.2, 0.25) is 0 Å². The van der Waals surface area contributed by atoms with E-state index in [0.717, 1.165) is 25.1 Å². The van der Waals surface area contributed by atoms with Crippen LogP contribution < -0.4 is 5.32 Å². The zero-order chi connectivity index (χ0) is 17.1. The summed E-state index contributed by atoms with van der Waals surface area (Å²) in [6.07, 6.45) is 1.16. The van der Waals surface area contributed by atoms with Crippen molar-refractivity contribution in [2.75, 3.05) is 32.5 Å². The molecule has 1 aromatic carbocycles. The predicted molar refractivity (Wildman–Crippen MR) is 92.7 cm³/mol. The second kappa shape index (κ2) is 7.02. The number of anilines is 1. The number of carbonyl (C=O) groups is 2. The predicted octanol–water partition coefficient (Wildman–Crippen LogP) is 3.21. The number of benzene rings is 1. The topological polar surface area (TPSA) is 52.7 Å².